The van der Waals surface area contributed by atoms with Crippen molar-refractivity contribution < 1.29 is 8.42 Å². The van der Waals surface area contributed by atoms with Crippen molar-refractivity contribution in [2.75, 3.05) is 25.9 Å². The number of nitrogens with one attached hydrogen (secondary N) is 1. The van der Waals surface area contributed by atoms with E-state index in [9.17, 15) is 8.42 Å². The van der Waals surface area contributed by atoms with Crippen molar-refractivity contribution >= 4 is 9.84 Å². The lowest BCUT2D eigenvalue weighted by molar-refractivity contribution is 0.130. The van der Waals surface area contributed by atoms with Crippen molar-refractivity contribution in [1.82, 2.24) is 10.2 Å². The maximum Gasteiger partial charge on any atom is 0.153 e. The predicted molar refractivity (Wildman–Crippen MR) is 87.1 cm³/mol. The van der Waals surface area contributed by atoms with E-state index in [1.54, 1.807) is 0 Å². The summed E-state index contributed by atoms with van der Waals surface area (Å²) in [7, 11) is -3.07. The molecule has 4 nitrogen and oxygen atoms in total. The fourth-order valence-electron chi connectivity index (χ4n) is 2.66. The number of sulfone groups is 1. The van der Waals surface area contributed by atoms with Gasteiger partial charge in [-0.15, -0.1) is 0 Å². The second kappa shape index (κ2) is 6.07. The molecule has 2 unspecified atom stereocenters. The molecule has 0 bridgehead atoms. The van der Waals surface area contributed by atoms with E-state index in [1.807, 2.05) is 32.0 Å². The maximum absolute atomic E-state index is 11.9. The zero-order valence-corrected chi connectivity index (χ0v) is 14.2. The Hall–Kier alpha value is -0.910. The molecule has 0 aliphatic carbocycles. The van der Waals surface area contributed by atoms with Crippen LogP contribution in [0.1, 0.15) is 32.4 Å². The van der Waals surface area contributed by atoms with Gasteiger partial charge in [-0.3, -0.25) is 4.90 Å². The summed E-state index contributed by atoms with van der Waals surface area (Å²) in [6, 6.07) is 10.9. The highest BCUT2D eigenvalue weighted by Gasteiger charge is 2.36. The Morgan fingerprint density at radius 1 is 1.29 bits per heavy atom. The minimum Gasteiger partial charge on any atom is -0.307 e. The summed E-state index contributed by atoms with van der Waals surface area (Å²) in [6.45, 7) is 8.05. The van der Waals surface area contributed by atoms with Gasteiger partial charge in [-0.1, -0.05) is 30.3 Å². The van der Waals surface area contributed by atoms with Gasteiger partial charge in [0.05, 0.1) is 4.75 Å². The molecule has 0 amide bonds. The van der Waals surface area contributed by atoms with Crippen LogP contribution in [-0.2, 0) is 9.84 Å². The van der Waals surface area contributed by atoms with E-state index in [0.717, 1.165) is 13.1 Å². The maximum atomic E-state index is 11.9. The monoisotopic (exact) mass is 310 g/mol. The highest BCUT2D eigenvalue weighted by molar-refractivity contribution is 7.92. The van der Waals surface area contributed by atoms with Crippen molar-refractivity contribution in [2.45, 2.75) is 37.6 Å². The van der Waals surface area contributed by atoms with Crippen LogP contribution in [0.2, 0.25) is 0 Å². The summed E-state index contributed by atoms with van der Waals surface area (Å²) in [5, 5.41) is 3.55. The van der Waals surface area contributed by atoms with Crippen molar-refractivity contribution in [3.8, 4) is 0 Å². The number of piperazine rings is 1. The molecule has 0 spiro atoms. The molecule has 1 N–H and O–H groups in total. The van der Waals surface area contributed by atoms with Gasteiger partial charge in [-0.05, 0) is 26.3 Å². The average Bonchev–Trinajstić information content (AvgIpc) is 2.41. The molecule has 1 aliphatic rings. The molecule has 1 fully saturated rings. The van der Waals surface area contributed by atoms with Crippen LogP contribution < -0.4 is 5.32 Å². The quantitative estimate of drug-likeness (QED) is 0.922. The zero-order valence-electron chi connectivity index (χ0n) is 13.3. The van der Waals surface area contributed by atoms with Gasteiger partial charge >= 0.3 is 0 Å². The Morgan fingerprint density at radius 2 is 1.90 bits per heavy atom. The summed E-state index contributed by atoms with van der Waals surface area (Å²) in [6.07, 6.45) is 1.33. The molecular formula is C16H26N2O2S. The Balaban J connectivity index is 2.12. The van der Waals surface area contributed by atoms with Gasteiger partial charge in [0.15, 0.2) is 9.84 Å². The second-order valence-electron chi connectivity index (χ2n) is 6.68. The third-order valence-corrected chi connectivity index (χ3v) is 6.63. The summed E-state index contributed by atoms with van der Waals surface area (Å²) in [4.78, 5) is 2.29. The molecular weight excluding hydrogens is 284 g/mol. The Kier molecular flexibility index (Phi) is 4.76. The lowest BCUT2D eigenvalue weighted by Gasteiger charge is -2.42. The van der Waals surface area contributed by atoms with Gasteiger partial charge in [0.1, 0.15) is 0 Å². The molecule has 0 radical (unpaired) electrons. The lowest BCUT2D eigenvalue weighted by Crippen LogP contribution is -2.56. The molecule has 2 rings (SSSR count). The first-order valence-electron chi connectivity index (χ1n) is 7.43. The van der Waals surface area contributed by atoms with Crippen LogP contribution in [0.15, 0.2) is 30.3 Å². The molecule has 2 atom stereocenters. The molecule has 0 saturated carbocycles. The predicted octanol–water partition coefficient (Wildman–Crippen LogP) is 1.84. The molecule has 1 aliphatic heterocycles. The van der Waals surface area contributed by atoms with Crippen LogP contribution in [0, 0.1) is 0 Å². The molecule has 21 heavy (non-hydrogen) atoms. The van der Waals surface area contributed by atoms with Crippen molar-refractivity contribution in [1.29, 1.82) is 0 Å². The first-order valence-corrected chi connectivity index (χ1v) is 9.32. The average molecular weight is 310 g/mol. The number of hydrogen-bond donors (Lipinski definition) is 1. The third-order valence-electron chi connectivity index (χ3n) is 4.49. The number of rotatable bonds is 4. The number of hydrogen-bond acceptors (Lipinski definition) is 4. The van der Waals surface area contributed by atoms with Crippen molar-refractivity contribution in [3.63, 3.8) is 0 Å². The molecule has 118 valence electrons. The summed E-state index contributed by atoms with van der Waals surface area (Å²) in [5.74, 6) is 0. The summed E-state index contributed by atoms with van der Waals surface area (Å²) < 4.78 is 23.2. The first-order chi connectivity index (χ1) is 9.71. The zero-order chi connectivity index (χ0) is 15.7. The normalized spacial score (nSPS) is 25.0. The number of nitrogens with zero attached hydrogens (tertiary/aromatic N) is 1. The molecule has 5 heteroatoms. The third kappa shape index (κ3) is 3.84. The molecule has 0 aromatic heterocycles. The fraction of sp³-hybridized carbons (Fsp3) is 0.625. The lowest BCUT2D eigenvalue weighted by atomic mass is 10.0. The molecule has 1 aromatic rings. The standard InChI is InChI=1S/C16H26N2O2S/c1-13-10-17-15(14-8-6-5-7-9-14)11-18(13)12-16(2,3)21(4,19)20/h5-9,13,15,17H,10-12H2,1-4H3. The second-order valence-corrected chi connectivity index (χ2v) is 9.33. The van der Waals surface area contributed by atoms with E-state index in [0.29, 0.717) is 12.6 Å². The molecule has 1 aromatic carbocycles. The van der Waals surface area contributed by atoms with E-state index in [2.05, 4.69) is 29.3 Å². The van der Waals surface area contributed by atoms with E-state index in [1.165, 1.54) is 11.8 Å². The fourth-order valence-corrected chi connectivity index (χ4v) is 3.06. The molecule has 1 heterocycles. The van der Waals surface area contributed by atoms with Gasteiger partial charge in [-0.25, -0.2) is 8.42 Å². The minimum atomic E-state index is -3.07. The highest BCUT2D eigenvalue weighted by Crippen LogP contribution is 2.24. The van der Waals surface area contributed by atoms with Gasteiger partial charge < -0.3 is 5.32 Å². The largest absolute Gasteiger partial charge is 0.307 e. The van der Waals surface area contributed by atoms with Gasteiger partial charge in [-0.2, -0.15) is 0 Å². The van der Waals surface area contributed by atoms with Crippen LogP contribution in [0.25, 0.3) is 0 Å². The van der Waals surface area contributed by atoms with E-state index in [-0.39, 0.29) is 6.04 Å². The Labute approximate surface area is 128 Å². The van der Waals surface area contributed by atoms with Gasteiger partial charge in [0.25, 0.3) is 0 Å². The van der Waals surface area contributed by atoms with Crippen LogP contribution in [0.3, 0.4) is 0 Å². The van der Waals surface area contributed by atoms with Crippen molar-refractivity contribution in [3.05, 3.63) is 35.9 Å². The highest BCUT2D eigenvalue weighted by atomic mass is 32.2. The van der Waals surface area contributed by atoms with Crippen LogP contribution in [0.5, 0.6) is 0 Å². The van der Waals surface area contributed by atoms with E-state index >= 15 is 0 Å². The first kappa shape index (κ1) is 16.5. The summed E-state index contributed by atoms with van der Waals surface area (Å²) >= 11 is 0. The molecule has 1 saturated heterocycles. The van der Waals surface area contributed by atoms with E-state index < -0.39 is 14.6 Å². The van der Waals surface area contributed by atoms with Gasteiger partial charge in [0, 0.05) is 38.0 Å². The van der Waals surface area contributed by atoms with Crippen molar-refractivity contribution in [2.24, 2.45) is 0 Å². The Bertz CT molecular complexity index is 569. The van der Waals surface area contributed by atoms with E-state index in [4.69, 9.17) is 0 Å². The SMILES string of the molecule is CC1CNC(c2ccccc2)CN1CC(C)(C)S(C)(=O)=O. The number of benzene rings is 1. The smallest absolute Gasteiger partial charge is 0.153 e. The Morgan fingerprint density at radius 3 is 2.48 bits per heavy atom. The van der Waals surface area contributed by atoms with Crippen LogP contribution >= 0.6 is 0 Å². The minimum absolute atomic E-state index is 0.262. The topological polar surface area (TPSA) is 49.4 Å². The summed E-state index contributed by atoms with van der Waals surface area (Å²) in [5.41, 5.74) is 1.26. The van der Waals surface area contributed by atoms with Crippen LogP contribution in [0.4, 0.5) is 0 Å². The van der Waals surface area contributed by atoms with Crippen LogP contribution in [-0.4, -0.2) is 50.0 Å². The van der Waals surface area contributed by atoms with Gasteiger partial charge in [0.2, 0.25) is 0 Å².